The molecule has 4 N–H and O–H groups in total. The topological polar surface area (TPSA) is 90.2 Å². The fourth-order valence-corrected chi connectivity index (χ4v) is 12.1. The molecule has 35 heavy (non-hydrogen) atoms. The molecule has 0 unspecified atom stereocenters. The molecule has 0 radical (unpaired) electrons. The van der Waals surface area contributed by atoms with E-state index in [4.69, 9.17) is 4.74 Å². The average molecular weight is 491 g/mol. The standard InChI is InChI=1S/C30H50O5/c1-24(2)19-14-17(31)23-27(6)15-18(32)22(28(7)10-9-21(35-28)25(3,4)34)26(27,5)12-13-30(23)16-29(19,30)11-8-20(24)33/h17-23,31-34H,8-16H2,1-7H3/t17-,18+,19+,20+,21+,22+,23-,26+,27-,28-,29+,30-/m0/s1. The molecule has 0 aromatic rings. The molecule has 5 aliphatic carbocycles. The third kappa shape index (κ3) is 2.78. The molecule has 6 fully saturated rings. The molecule has 6 rings (SSSR count). The van der Waals surface area contributed by atoms with E-state index in [1.807, 2.05) is 13.8 Å². The van der Waals surface area contributed by atoms with Crippen LogP contribution in [0.15, 0.2) is 0 Å². The second-order valence-corrected chi connectivity index (χ2v) is 15.9. The fourth-order valence-electron chi connectivity index (χ4n) is 12.1. The molecule has 1 saturated heterocycles. The van der Waals surface area contributed by atoms with Gasteiger partial charge in [-0.05, 0) is 117 Å². The average Bonchev–Trinajstić information content (AvgIpc) is 3.08. The highest BCUT2D eigenvalue weighted by Gasteiger charge is 2.85. The summed E-state index contributed by atoms with van der Waals surface area (Å²) < 4.78 is 6.65. The third-order valence-corrected chi connectivity index (χ3v) is 13.8. The maximum Gasteiger partial charge on any atom is 0.0865 e. The van der Waals surface area contributed by atoms with Crippen molar-refractivity contribution in [1.29, 1.82) is 0 Å². The second kappa shape index (κ2) is 6.86. The smallest absolute Gasteiger partial charge is 0.0865 e. The molecule has 6 aliphatic rings. The highest BCUT2D eigenvalue weighted by atomic mass is 16.5. The number of hydrogen-bond acceptors (Lipinski definition) is 5. The lowest BCUT2D eigenvalue weighted by atomic mass is 9.41. The Bertz CT molecular complexity index is 911. The van der Waals surface area contributed by atoms with E-state index in [2.05, 4.69) is 34.6 Å². The molecule has 5 heteroatoms. The van der Waals surface area contributed by atoms with Crippen molar-refractivity contribution in [3.63, 3.8) is 0 Å². The van der Waals surface area contributed by atoms with Gasteiger partial charge in [-0.1, -0.05) is 27.7 Å². The number of fused-ring (bicyclic) bond motifs is 2. The van der Waals surface area contributed by atoms with Gasteiger partial charge in [-0.2, -0.15) is 0 Å². The van der Waals surface area contributed by atoms with Gasteiger partial charge in [0.2, 0.25) is 0 Å². The monoisotopic (exact) mass is 490 g/mol. The molecule has 1 aliphatic heterocycles. The van der Waals surface area contributed by atoms with E-state index >= 15 is 0 Å². The Hall–Kier alpha value is -0.200. The third-order valence-electron chi connectivity index (χ3n) is 13.8. The minimum absolute atomic E-state index is 0.00561. The maximum atomic E-state index is 11.9. The minimum Gasteiger partial charge on any atom is -0.393 e. The van der Waals surface area contributed by atoms with E-state index in [0.29, 0.717) is 5.92 Å². The highest BCUT2D eigenvalue weighted by Crippen LogP contribution is 2.89. The van der Waals surface area contributed by atoms with Crippen molar-refractivity contribution in [2.75, 3.05) is 0 Å². The largest absolute Gasteiger partial charge is 0.393 e. The van der Waals surface area contributed by atoms with Gasteiger partial charge in [-0.25, -0.2) is 0 Å². The van der Waals surface area contributed by atoms with Crippen molar-refractivity contribution in [3.05, 3.63) is 0 Å². The molecule has 0 aromatic heterocycles. The number of ether oxygens (including phenoxy) is 1. The molecule has 200 valence electrons. The molecular formula is C30H50O5. The van der Waals surface area contributed by atoms with Crippen LogP contribution in [-0.4, -0.2) is 56.0 Å². The zero-order valence-electron chi connectivity index (χ0n) is 23.1. The zero-order valence-corrected chi connectivity index (χ0v) is 23.1. The van der Waals surface area contributed by atoms with E-state index < -0.39 is 23.4 Å². The molecular weight excluding hydrogens is 440 g/mol. The van der Waals surface area contributed by atoms with Crippen LogP contribution in [0.4, 0.5) is 0 Å². The van der Waals surface area contributed by atoms with E-state index in [1.54, 1.807) is 0 Å². The summed E-state index contributed by atoms with van der Waals surface area (Å²) in [4.78, 5) is 0. The number of aliphatic hydroxyl groups excluding tert-OH is 3. The predicted octanol–water partition coefficient (Wildman–Crippen LogP) is 4.44. The van der Waals surface area contributed by atoms with Crippen molar-refractivity contribution in [3.8, 4) is 0 Å². The summed E-state index contributed by atoms with van der Waals surface area (Å²) in [6.45, 7) is 15.0. The van der Waals surface area contributed by atoms with Gasteiger partial charge in [0.05, 0.1) is 35.6 Å². The van der Waals surface area contributed by atoms with Crippen molar-refractivity contribution < 1.29 is 25.2 Å². The van der Waals surface area contributed by atoms with Crippen molar-refractivity contribution in [2.24, 2.45) is 44.8 Å². The lowest BCUT2D eigenvalue weighted by Gasteiger charge is -2.64. The summed E-state index contributed by atoms with van der Waals surface area (Å²) in [5, 5.41) is 45.2. The number of hydrogen-bond donors (Lipinski definition) is 4. The van der Waals surface area contributed by atoms with Gasteiger partial charge in [0.25, 0.3) is 0 Å². The minimum atomic E-state index is -0.893. The quantitative estimate of drug-likeness (QED) is 0.460. The fraction of sp³-hybridized carbons (Fsp3) is 1.00. The molecule has 5 saturated carbocycles. The summed E-state index contributed by atoms with van der Waals surface area (Å²) in [5.74, 6) is 0.544. The van der Waals surface area contributed by atoms with Gasteiger partial charge in [0.15, 0.2) is 0 Å². The van der Waals surface area contributed by atoms with Gasteiger partial charge >= 0.3 is 0 Å². The first-order valence-corrected chi connectivity index (χ1v) is 14.4. The normalized spacial score (nSPS) is 60.9. The second-order valence-electron chi connectivity index (χ2n) is 15.9. The molecule has 2 spiro atoms. The Morgan fingerprint density at radius 2 is 1.46 bits per heavy atom. The molecule has 12 atom stereocenters. The first-order valence-electron chi connectivity index (χ1n) is 14.4. The summed E-state index contributed by atoms with van der Waals surface area (Å²) in [5.41, 5.74) is -1.44. The number of rotatable bonds is 2. The van der Waals surface area contributed by atoms with Gasteiger partial charge in [-0.3, -0.25) is 0 Å². The molecule has 0 amide bonds. The molecule has 5 nitrogen and oxygen atoms in total. The van der Waals surface area contributed by atoms with Crippen LogP contribution in [0.25, 0.3) is 0 Å². The van der Waals surface area contributed by atoms with E-state index in [1.165, 1.54) is 6.42 Å². The zero-order chi connectivity index (χ0) is 25.6. The van der Waals surface area contributed by atoms with Crippen LogP contribution >= 0.6 is 0 Å². The van der Waals surface area contributed by atoms with Gasteiger partial charge < -0.3 is 25.2 Å². The van der Waals surface area contributed by atoms with Gasteiger partial charge in [0, 0.05) is 5.92 Å². The van der Waals surface area contributed by atoms with Crippen LogP contribution in [0, 0.1) is 44.8 Å². The molecule has 0 aromatic carbocycles. The van der Waals surface area contributed by atoms with Crippen LogP contribution in [0.2, 0.25) is 0 Å². The first-order chi connectivity index (χ1) is 16.0. The summed E-state index contributed by atoms with van der Waals surface area (Å²) in [6.07, 6.45) is 7.11. The van der Waals surface area contributed by atoms with Crippen LogP contribution in [0.1, 0.15) is 106 Å². The Labute approximate surface area is 212 Å². The highest BCUT2D eigenvalue weighted by molar-refractivity contribution is 5.33. The Morgan fingerprint density at radius 1 is 0.771 bits per heavy atom. The van der Waals surface area contributed by atoms with Crippen molar-refractivity contribution in [2.45, 2.75) is 142 Å². The summed E-state index contributed by atoms with van der Waals surface area (Å²) in [6, 6.07) is 0. The Balaban J connectivity index is 1.37. The molecule has 1 heterocycles. The Kier molecular flexibility index (Phi) is 4.92. The van der Waals surface area contributed by atoms with Crippen molar-refractivity contribution >= 4 is 0 Å². The predicted molar refractivity (Wildman–Crippen MR) is 134 cm³/mol. The van der Waals surface area contributed by atoms with Gasteiger partial charge in [-0.15, -0.1) is 0 Å². The lowest BCUT2D eigenvalue weighted by Crippen LogP contribution is -2.62. The first kappa shape index (κ1) is 25.1. The number of aliphatic hydroxyl groups is 4. The summed E-state index contributed by atoms with van der Waals surface area (Å²) >= 11 is 0. The van der Waals surface area contributed by atoms with Crippen LogP contribution in [0.3, 0.4) is 0 Å². The summed E-state index contributed by atoms with van der Waals surface area (Å²) in [7, 11) is 0. The van der Waals surface area contributed by atoms with Crippen molar-refractivity contribution in [1.82, 2.24) is 0 Å². The van der Waals surface area contributed by atoms with Crippen LogP contribution < -0.4 is 0 Å². The maximum absolute atomic E-state index is 11.9. The van der Waals surface area contributed by atoms with Crippen LogP contribution in [-0.2, 0) is 4.74 Å². The lowest BCUT2D eigenvalue weighted by molar-refractivity contribution is -0.217. The van der Waals surface area contributed by atoms with Crippen LogP contribution in [0.5, 0.6) is 0 Å². The van der Waals surface area contributed by atoms with E-state index in [0.717, 1.165) is 51.4 Å². The van der Waals surface area contributed by atoms with Gasteiger partial charge in [0.1, 0.15) is 0 Å². The molecule has 0 bridgehead atoms. The Morgan fingerprint density at radius 3 is 2.09 bits per heavy atom. The SMILES string of the molecule is CC(C)(O)[C@H]1CC[C@@](C)([C@@H]2[C@H](O)C[C@@]3(C)[C@@H]4[C@@H](O)C[C@@H]5C(C)(C)[C@H](O)CC[C@@]56C[C@@]46CC[C@]23C)O1. The van der Waals surface area contributed by atoms with E-state index in [-0.39, 0.29) is 51.1 Å². The van der Waals surface area contributed by atoms with E-state index in [9.17, 15) is 20.4 Å².